The lowest BCUT2D eigenvalue weighted by Crippen LogP contribution is -2.37. The van der Waals surface area contributed by atoms with Crippen LogP contribution in [0.3, 0.4) is 0 Å². The molecule has 0 aliphatic heterocycles. The fraction of sp³-hybridized carbons (Fsp3) is 0.500. The van der Waals surface area contributed by atoms with Gasteiger partial charge in [0.1, 0.15) is 11.4 Å². The van der Waals surface area contributed by atoms with Crippen molar-refractivity contribution in [2.45, 2.75) is 45.6 Å². The molecule has 1 aromatic rings. The molecule has 1 rings (SSSR count). The van der Waals surface area contributed by atoms with Crippen molar-refractivity contribution < 1.29 is 13.9 Å². The van der Waals surface area contributed by atoms with Gasteiger partial charge < -0.3 is 4.74 Å². The molecule has 0 heterocycles. The van der Waals surface area contributed by atoms with Gasteiger partial charge in [0.25, 0.3) is 0 Å². The number of carbonyl (C=O) groups is 1. The summed E-state index contributed by atoms with van der Waals surface area (Å²) < 4.78 is 19.9. The summed E-state index contributed by atoms with van der Waals surface area (Å²) in [5.74, 6) is -0.851. The third kappa shape index (κ3) is 3.55. The Labute approximate surface area is 116 Å². The van der Waals surface area contributed by atoms with Gasteiger partial charge in [0.15, 0.2) is 0 Å². The number of rotatable bonds is 2. The predicted molar refractivity (Wildman–Crippen MR) is 73.0 cm³/mol. The van der Waals surface area contributed by atoms with Gasteiger partial charge >= 0.3 is 5.97 Å². The van der Waals surface area contributed by atoms with Gasteiger partial charge in [0.2, 0.25) is 0 Å². The van der Waals surface area contributed by atoms with Crippen LogP contribution < -0.4 is 0 Å². The Balaban J connectivity index is 3.09. The summed E-state index contributed by atoms with van der Waals surface area (Å²) >= 11 is 3.19. The molecule has 0 saturated carbocycles. The molecule has 0 aliphatic rings. The average molecular weight is 317 g/mol. The molecule has 4 heteroatoms. The average Bonchev–Trinajstić information content (AvgIpc) is 2.13. The number of hydrogen-bond donors (Lipinski definition) is 0. The molecule has 0 radical (unpaired) electrons. The molecule has 0 unspecified atom stereocenters. The Hall–Kier alpha value is -0.900. The molecule has 0 amide bonds. The Morgan fingerprint density at radius 2 is 1.78 bits per heavy atom. The SMILES string of the molecule is CC(C)(C)OC(=O)C(C)(C)c1ccc(Br)cc1F. The van der Waals surface area contributed by atoms with Crippen LogP contribution in [0.1, 0.15) is 40.2 Å². The predicted octanol–water partition coefficient (Wildman–Crippen LogP) is 4.21. The van der Waals surface area contributed by atoms with E-state index in [1.54, 1.807) is 46.8 Å². The maximum Gasteiger partial charge on any atom is 0.316 e. The molecular formula is C14H18BrFO2. The molecule has 18 heavy (non-hydrogen) atoms. The van der Waals surface area contributed by atoms with Gasteiger partial charge in [0.05, 0.1) is 5.41 Å². The zero-order valence-corrected chi connectivity index (χ0v) is 12.9. The highest BCUT2D eigenvalue weighted by Gasteiger charge is 2.36. The highest BCUT2D eigenvalue weighted by molar-refractivity contribution is 9.10. The fourth-order valence-corrected chi connectivity index (χ4v) is 1.85. The maximum absolute atomic E-state index is 13.9. The van der Waals surface area contributed by atoms with Crippen molar-refractivity contribution >= 4 is 21.9 Å². The smallest absolute Gasteiger partial charge is 0.316 e. The zero-order chi connectivity index (χ0) is 14.1. The van der Waals surface area contributed by atoms with Crippen LogP contribution in [0.25, 0.3) is 0 Å². The molecule has 0 aliphatic carbocycles. The molecule has 2 nitrogen and oxygen atoms in total. The van der Waals surface area contributed by atoms with E-state index in [0.29, 0.717) is 10.0 Å². The molecular weight excluding hydrogens is 299 g/mol. The second kappa shape index (κ2) is 5.00. The van der Waals surface area contributed by atoms with Gasteiger partial charge in [-0.2, -0.15) is 0 Å². The first-order valence-electron chi connectivity index (χ1n) is 5.73. The van der Waals surface area contributed by atoms with E-state index < -0.39 is 22.8 Å². The number of benzene rings is 1. The quantitative estimate of drug-likeness (QED) is 0.764. The zero-order valence-electron chi connectivity index (χ0n) is 11.3. The minimum absolute atomic E-state index is 0.333. The Morgan fingerprint density at radius 1 is 1.22 bits per heavy atom. The standard InChI is InChI=1S/C14H18BrFO2/c1-13(2,3)18-12(17)14(4,5)10-7-6-9(15)8-11(10)16/h6-8H,1-5H3. The molecule has 0 fully saturated rings. The Kier molecular flexibility index (Phi) is 4.21. The van der Waals surface area contributed by atoms with E-state index in [0.717, 1.165) is 0 Å². The van der Waals surface area contributed by atoms with Gasteiger partial charge in [-0.1, -0.05) is 22.0 Å². The van der Waals surface area contributed by atoms with Gasteiger partial charge in [0, 0.05) is 10.0 Å². The van der Waals surface area contributed by atoms with E-state index >= 15 is 0 Å². The first kappa shape index (κ1) is 15.2. The van der Waals surface area contributed by atoms with Crippen molar-refractivity contribution in [2.24, 2.45) is 0 Å². The van der Waals surface area contributed by atoms with Crippen LogP contribution in [-0.2, 0) is 14.9 Å². The lowest BCUT2D eigenvalue weighted by Gasteiger charge is -2.29. The topological polar surface area (TPSA) is 26.3 Å². The molecule has 0 aromatic heterocycles. The second-order valence-electron chi connectivity index (χ2n) is 5.75. The van der Waals surface area contributed by atoms with Crippen molar-refractivity contribution in [3.05, 3.63) is 34.1 Å². The van der Waals surface area contributed by atoms with E-state index in [-0.39, 0.29) is 0 Å². The van der Waals surface area contributed by atoms with Crippen molar-refractivity contribution in [1.29, 1.82) is 0 Å². The highest BCUT2D eigenvalue weighted by Crippen LogP contribution is 2.30. The molecule has 0 saturated heterocycles. The summed E-state index contributed by atoms with van der Waals surface area (Å²) in [6, 6.07) is 4.66. The van der Waals surface area contributed by atoms with Gasteiger partial charge in [-0.25, -0.2) is 4.39 Å². The number of hydrogen-bond acceptors (Lipinski definition) is 2. The van der Waals surface area contributed by atoms with Crippen LogP contribution in [0.4, 0.5) is 4.39 Å². The van der Waals surface area contributed by atoms with Gasteiger partial charge in [-0.05, 0) is 46.8 Å². The fourth-order valence-electron chi connectivity index (χ4n) is 1.51. The molecule has 1 aromatic carbocycles. The Morgan fingerprint density at radius 3 is 2.22 bits per heavy atom. The van der Waals surface area contributed by atoms with Crippen molar-refractivity contribution in [2.75, 3.05) is 0 Å². The van der Waals surface area contributed by atoms with E-state index in [9.17, 15) is 9.18 Å². The third-order valence-electron chi connectivity index (χ3n) is 2.51. The normalized spacial score (nSPS) is 12.4. The van der Waals surface area contributed by atoms with Gasteiger partial charge in [-0.15, -0.1) is 0 Å². The minimum Gasteiger partial charge on any atom is -0.459 e. The summed E-state index contributed by atoms with van der Waals surface area (Å²) in [4.78, 5) is 12.1. The summed E-state index contributed by atoms with van der Waals surface area (Å²) in [7, 11) is 0. The second-order valence-corrected chi connectivity index (χ2v) is 6.67. The minimum atomic E-state index is -1.02. The van der Waals surface area contributed by atoms with Crippen LogP contribution in [0, 0.1) is 5.82 Å². The van der Waals surface area contributed by atoms with Crippen LogP contribution >= 0.6 is 15.9 Å². The number of halogens is 2. The van der Waals surface area contributed by atoms with Crippen LogP contribution in [0.2, 0.25) is 0 Å². The third-order valence-corrected chi connectivity index (χ3v) is 3.01. The van der Waals surface area contributed by atoms with Gasteiger partial charge in [-0.3, -0.25) is 4.79 Å². The number of esters is 1. The number of ether oxygens (including phenoxy) is 1. The van der Waals surface area contributed by atoms with E-state index in [1.807, 2.05) is 0 Å². The van der Waals surface area contributed by atoms with Crippen molar-refractivity contribution in [1.82, 2.24) is 0 Å². The van der Waals surface area contributed by atoms with Crippen LogP contribution in [0.5, 0.6) is 0 Å². The molecule has 100 valence electrons. The molecule has 0 atom stereocenters. The summed E-state index contributed by atoms with van der Waals surface area (Å²) in [6.07, 6.45) is 0. The maximum atomic E-state index is 13.9. The molecule has 0 bridgehead atoms. The largest absolute Gasteiger partial charge is 0.459 e. The summed E-state index contributed by atoms with van der Waals surface area (Å²) in [6.45, 7) is 8.69. The van der Waals surface area contributed by atoms with Crippen molar-refractivity contribution in [3.8, 4) is 0 Å². The first-order chi connectivity index (χ1) is 8.04. The highest BCUT2D eigenvalue weighted by atomic mass is 79.9. The lowest BCUT2D eigenvalue weighted by atomic mass is 9.84. The lowest BCUT2D eigenvalue weighted by molar-refractivity contribution is -0.161. The van der Waals surface area contributed by atoms with E-state index in [2.05, 4.69) is 15.9 Å². The van der Waals surface area contributed by atoms with Crippen molar-refractivity contribution in [3.63, 3.8) is 0 Å². The van der Waals surface area contributed by atoms with E-state index in [1.165, 1.54) is 6.07 Å². The molecule has 0 N–H and O–H groups in total. The monoisotopic (exact) mass is 316 g/mol. The summed E-state index contributed by atoms with van der Waals surface area (Å²) in [5, 5.41) is 0. The molecule has 0 spiro atoms. The number of carbonyl (C=O) groups excluding carboxylic acids is 1. The van der Waals surface area contributed by atoms with E-state index in [4.69, 9.17) is 4.74 Å². The summed E-state index contributed by atoms with van der Waals surface area (Å²) in [5.41, 5.74) is -1.27. The Bertz CT molecular complexity index is 461. The first-order valence-corrected chi connectivity index (χ1v) is 6.52. The van der Waals surface area contributed by atoms with Crippen LogP contribution in [0.15, 0.2) is 22.7 Å². The van der Waals surface area contributed by atoms with Crippen LogP contribution in [-0.4, -0.2) is 11.6 Å².